The topological polar surface area (TPSA) is 64.1 Å². The van der Waals surface area contributed by atoms with Gasteiger partial charge in [-0.1, -0.05) is 11.8 Å². The Balaban J connectivity index is 1.81. The maximum atomic E-state index is 11.9. The van der Waals surface area contributed by atoms with Crippen LogP contribution in [0.25, 0.3) is 0 Å². The fraction of sp³-hybridized carbons (Fsp3) is 0.308. The number of hydrogen-bond donors (Lipinski definition) is 1. The Morgan fingerprint density at radius 2 is 2.45 bits per heavy atom. The number of ether oxygens (including phenoxy) is 1. The van der Waals surface area contributed by atoms with Crippen molar-refractivity contribution in [2.45, 2.75) is 17.4 Å². The average molecular weight is 309 g/mol. The monoisotopic (exact) mass is 309 g/mol. The van der Waals surface area contributed by atoms with Crippen LogP contribution in [0.3, 0.4) is 0 Å². The molecule has 2 aromatic heterocycles. The van der Waals surface area contributed by atoms with E-state index in [1.165, 1.54) is 23.1 Å². The van der Waals surface area contributed by atoms with Gasteiger partial charge in [0.25, 0.3) is 5.91 Å². The summed E-state index contributed by atoms with van der Waals surface area (Å²) in [6, 6.07) is 3.64. The highest BCUT2D eigenvalue weighted by molar-refractivity contribution is 8.00. The third kappa shape index (κ3) is 4.21. The van der Waals surface area contributed by atoms with Crippen LogP contribution in [0, 0.1) is 0 Å². The van der Waals surface area contributed by atoms with E-state index in [1.54, 1.807) is 23.8 Å². The number of hydrogen-bond acceptors (Lipinski definition) is 6. The number of aromatic nitrogens is 2. The van der Waals surface area contributed by atoms with Gasteiger partial charge in [0.05, 0.1) is 12.7 Å². The summed E-state index contributed by atoms with van der Waals surface area (Å²) < 4.78 is 6.51. The van der Waals surface area contributed by atoms with Crippen LogP contribution in [-0.2, 0) is 0 Å². The van der Waals surface area contributed by atoms with E-state index in [4.69, 9.17) is 4.74 Å². The van der Waals surface area contributed by atoms with Gasteiger partial charge in [-0.05, 0) is 25.3 Å². The molecule has 0 saturated heterocycles. The second-order valence-corrected chi connectivity index (χ2v) is 5.94. The van der Waals surface area contributed by atoms with Crippen molar-refractivity contribution in [3.8, 4) is 5.75 Å². The number of amides is 1. The highest BCUT2D eigenvalue weighted by atomic mass is 32.2. The largest absolute Gasteiger partial charge is 0.487 e. The summed E-state index contributed by atoms with van der Waals surface area (Å²) in [6.07, 6.45) is 5.13. The molecule has 0 aliphatic rings. The Bertz CT molecular complexity index is 560. The molecule has 0 unspecified atom stereocenters. The van der Waals surface area contributed by atoms with Gasteiger partial charge in [-0.25, -0.2) is 4.98 Å². The van der Waals surface area contributed by atoms with E-state index < -0.39 is 0 Å². The van der Waals surface area contributed by atoms with Crippen LogP contribution in [0.15, 0.2) is 34.2 Å². The molecule has 20 heavy (non-hydrogen) atoms. The first-order valence-electron chi connectivity index (χ1n) is 6.03. The van der Waals surface area contributed by atoms with E-state index in [0.29, 0.717) is 18.0 Å². The molecule has 7 heteroatoms. The van der Waals surface area contributed by atoms with E-state index in [-0.39, 0.29) is 12.0 Å². The molecule has 0 aliphatic heterocycles. The molecule has 0 radical (unpaired) electrons. The lowest BCUT2D eigenvalue weighted by Crippen LogP contribution is -2.33. The molecule has 2 aromatic rings. The van der Waals surface area contributed by atoms with Crippen molar-refractivity contribution in [3.63, 3.8) is 0 Å². The minimum atomic E-state index is -0.178. The molecule has 0 fully saturated rings. The highest BCUT2D eigenvalue weighted by Crippen LogP contribution is 2.19. The first-order valence-corrected chi connectivity index (χ1v) is 8.14. The summed E-state index contributed by atoms with van der Waals surface area (Å²) in [4.78, 5) is 20.1. The Labute approximate surface area is 125 Å². The van der Waals surface area contributed by atoms with E-state index in [1.807, 2.05) is 19.2 Å². The van der Waals surface area contributed by atoms with E-state index in [0.717, 1.165) is 4.34 Å². The second kappa shape index (κ2) is 7.25. The molecule has 0 aromatic carbocycles. The molecule has 106 valence electrons. The Morgan fingerprint density at radius 3 is 3.10 bits per heavy atom. The van der Waals surface area contributed by atoms with Gasteiger partial charge >= 0.3 is 0 Å². The minimum Gasteiger partial charge on any atom is -0.487 e. The predicted octanol–water partition coefficient (Wildman–Crippen LogP) is 2.46. The normalized spacial score (nSPS) is 11.9. The lowest BCUT2D eigenvalue weighted by molar-refractivity contribution is 0.0927. The fourth-order valence-electron chi connectivity index (χ4n) is 1.47. The summed E-state index contributed by atoms with van der Waals surface area (Å²) in [6.45, 7) is 2.31. The van der Waals surface area contributed by atoms with E-state index in [2.05, 4.69) is 15.3 Å². The molecular weight excluding hydrogens is 294 g/mol. The van der Waals surface area contributed by atoms with Gasteiger partial charge in [-0.3, -0.25) is 9.78 Å². The van der Waals surface area contributed by atoms with E-state index in [9.17, 15) is 4.79 Å². The Kier molecular flexibility index (Phi) is 5.37. The molecule has 1 amide bonds. The zero-order valence-corrected chi connectivity index (χ0v) is 12.8. The van der Waals surface area contributed by atoms with Crippen molar-refractivity contribution in [1.29, 1.82) is 0 Å². The van der Waals surface area contributed by atoms with Crippen LogP contribution in [-0.4, -0.2) is 34.8 Å². The molecule has 2 heterocycles. The van der Waals surface area contributed by atoms with Crippen molar-refractivity contribution in [2.24, 2.45) is 0 Å². The maximum absolute atomic E-state index is 11.9. The predicted molar refractivity (Wildman–Crippen MR) is 80.6 cm³/mol. The Morgan fingerprint density at radius 1 is 1.60 bits per heavy atom. The first kappa shape index (κ1) is 14.8. The summed E-state index contributed by atoms with van der Waals surface area (Å²) in [5.41, 5.74) is 0.452. The van der Waals surface area contributed by atoms with Gasteiger partial charge in [-0.2, -0.15) is 0 Å². The number of rotatable bonds is 6. The Hall–Kier alpha value is -1.60. The van der Waals surface area contributed by atoms with Crippen molar-refractivity contribution >= 4 is 29.0 Å². The van der Waals surface area contributed by atoms with Crippen molar-refractivity contribution in [2.75, 3.05) is 12.8 Å². The third-order valence-electron chi connectivity index (χ3n) is 2.41. The molecular formula is C13H15N3O2S2. The highest BCUT2D eigenvalue weighted by Gasteiger charge is 2.12. The van der Waals surface area contributed by atoms with Crippen LogP contribution in [0.5, 0.6) is 5.75 Å². The maximum Gasteiger partial charge on any atom is 0.270 e. The number of nitrogens with one attached hydrogen (secondary N) is 1. The van der Waals surface area contributed by atoms with Gasteiger partial charge in [-0.15, -0.1) is 11.3 Å². The molecule has 0 spiro atoms. The lowest BCUT2D eigenvalue weighted by Gasteiger charge is -2.14. The molecule has 0 bridgehead atoms. The summed E-state index contributed by atoms with van der Waals surface area (Å²) in [7, 11) is 0. The van der Waals surface area contributed by atoms with Gasteiger partial charge in [0.2, 0.25) is 0 Å². The molecule has 1 atom stereocenters. The molecule has 2 rings (SSSR count). The molecule has 5 nitrogen and oxygen atoms in total. The number of nitrogens with zero attached hydrogens (tertiary/aromatic N) is 2. The van der Waals surface area contributed by atoms with Crippen LogP contribution >= 0.6 is 23.1 Å². The summed E-state index contributed by atoms with van der Waals surface area (Å²) >= 11 is 3.00. The number of carbonyl (C=O) groups is 1. The molecule has 1 N–H and O–H groups in total. The zero-order valence-electron chi connectivity index (χ0n) is 11.2. The van der Waals surface area contributed by atoms with Crippen molar-refractivity contribution < 1.29 is 9.53 Å². The number of carbonyl (C=O) groups excluding carboxylic acids is 1. The molecule has 0 aliphatic carbocycles. The zero-order chi connectivity index (χ0) is 14.4. The van der Waals surface area contributed by atoms with Crippen molar-refractivity contribution in [3.05, 3.63) is 35.6 Å². The quantitative estimate of drug-likeness (QED) is 0.830. The van der Waals surface area contributed by atoms with Crippen molar-refractivity contribution in [1.82, 2.24) is 15.3 Å². The smallest absolute Gasteiger partial charge is 0.270 e. The second-order valence-electron chi connectivity index (χ2n) is 4.03. The van der Waals surface area contributed by atoms with Crippen LogP contribution in [0.4, 0.5) is 0 Å². The number of thioether (sulfide) groups is 1. The first-order chi connectivity index (χ1) is 9.69. The summed E-state index contributed by atoms with van der Waals surface area (Å²) in [5, 5.41) is 4.56. The third-order valence-corrected chi connectivity index (χ3v) is 4.28. The average Bonchev–Trinajstić information content (AvgIpc) is 2.95. The molecule has 0 saturated carbocycles. The van der Waals surface area contributed by atoms with Gasteiger partial charge in [0.1, 0.15) is 21.9 Å². The van der Waals surface area contributed by atoms with Crippen LogP contribution < -0.4 is 10.1 Å². The lowest BCUT2D eigenvalue weighted by atomic mass is 10.3. The number of thiazole rings is 1. The standard InChI is InChI=1S/C13H15N3O2S2/c1-9(18-10-4-3-5-14-7-10)6-15-12(17)11-8-20-13(16-11)19-2/h3-5,7-9H,6H2,1-2H3,(H,15,17)/t9-/m0/s1. The minimum absolute atomic E-state index is 0.137. The SMILES string of the molecule is CSc1nc(C(=O)NC[C@H](C)Oc2cccnc2)cs1. The fourth-order valence-corrected chi connectivity index (χ4v) is 2.72. The van der Waals surface area contributed by atoms with Crippen LogP contribution in [0.1, 0.15) is 17.4 Å². The van der Waals surface area contributed by atoms with Gasteiger partial charge in [0.15, 0.2) is 0 Å². The van der Waals surface area contributed by atoms with E-state index >= 15 is 0 Å². The van der Waals surface area contributed by atoms with Gasteiger partial charge < -0.3 is 10.1 Å². The van der Waals surface area contributed by atoms with Gasteiger partial charge in [0, 0.05) is 11.6 Å². The summed E-state index contributed by atoms with van der Waals surface area (Å²) in [5.74, 6) is 0.510. The number of pyridine rings is 1. The van der Waals surface area contributed by atoms with Crippen LogP contribution in [0.2, 0.25) is 0 Å².